The number of amides is 1. The fourth-order valence-corrected chi connectivity index (χ4v) is 4.64. The summed E-state index contributed by atoms with van der Waals surface area (Å²) < 4.78 is 25.4. The summed E-state index contributed by atoms with van der Waals surface area (Å²) in [5, 5.41) is 3.79. The van der Waals surface area contributed by atoms with Crippen LogP contribution in [-0.2, 0) is 20.4 Å². The van der Waals surface area contributed by atoms with Crippen molar-refractivity contribution in [1.29, 1.82) is 0 Å². The van der Waals surface area contributed by atoms with Gasteiger partial charge in [-0.25, -0.2) is 8.42 Å². The molecule has 2 aromatic rings. The number of rotatable bonds is 5. The van der Waals surface area contributed by atoms with E-state index in [9.17, 15) is 13.2 Å². The van der Waals surface area contributed by atoms with Gasteiger partial charge >= 0.3 is 0 Å². The molecule has 24 heavy (non-hydrogen) atoms. The van der Waals surface area contributed by atoms with Crippen molar-refractivity contribution < 1.29 is 13.2 Å². The van der Waals surface area contributed by atoms with Crippen molar-refractivity contribution in [3.8, 4) is 0 Å². The molecule has 1 fully saturated rings. The molecule has 2 aromatic carbocycles. The molecule has 0 aliphatic heterocycles. The molecular formula is C19H23NO3S. The molecule has 3 rings (SSSR count). The van der Waals surface area contributed by atoms with E-state index in [0.717, 1.165) is 42.0 Å². The van der Waals surface area contributed by atoms with Gasteiger partial charge in [0.15, 0.2) is 9.84 Å². The van der Waals surface area contributed by atoms with E-state index in [1.807, 2.05) is 42.5 Å². The Morgan fingerprint density at radius 2 is 1.79 bits per heavy atom. The quantitative estimate of drug-likeness (QED) is 0.905. The highest BCUT2D eigenvalue weighted by Gasteiger charge is 2.30. The zero-order chi connectivity index (χ0) is 17.2. The van der Waals surface area contributed by atoms with Crippen LogP contribution in [0.1, 0.15) is 38.2 Å². The first kappa shape index (κ1) is 17.0. The average Bonchev–Trinajstić information content (AvgIpc) is 3.07. The van der Waals surface area contributed by atoms with Crippen molar-refractivity contribution in [2.45, 2.75) is 49.7 Å². The van der Waals surface area contributed by atoms with Crippen molar-refractivity contribution in [3.05, 3.63) is 48.0 Å². The molecule has 0 heterocycles. The third-order valence-electron chi connectivity index (χ3n) is 4.85. The number of fused-ring (bicyclic) bond motifs is 1. The van der Waals surface area contributed by atoms with Crippen LogP contribution in [0.25, 0.3) is 10.8 Å². The molecular weight excluding hydrogens is 322 g/mol. The summed E-state index contributed by atoms with van der Waals surface area (Å²) >= 11 is 0. The zero-order valence-electron chi connectivity index (χ0n) is 13.9. The van der Waals surface area contributed by atoms with Crippen molar-refractivity contribution in [2.24, 2.45) is 0 Å². The van der Waals surface area contributed by atoms with Crippen LogP contribution in [0, 0.1) is 0 Å². The third kappa shape index (κ3) is 3.61. The van der Waals surface area contributed by atoms with Crippen LogP contribution in [0.2, 0.25) is 0 Å². The molecule has 0 radical (unpaired) electrons. The van der Waals surface area contributed by atoms with Gasteiger partial charge in [-0.2, -0.15) is 0 Å². The zero-order valence-corrected chi connectivity index (χ0v) is 14.7. The van der Waals surface area contributed by atoms with Crippen LogP contribution in [0.15, 0.2) is 42.5 Å². The predicted molar refractivity (Wildman–Crippen MR) is 96.4 cm³/mol. The highest BCUT2D eigenvalue weighted by Crippen LogP contribution is 2.23. The van der Waals surface area contributed by atoms with E-state index >= 15 is 0 Å². The number of nitrogens with one attached hydrogen (secondary N) is 1. The minimum atomic E-state index is -3.56. The minimum absolute atomic E-state index is 0.117. The number of carbonyl (C=O) groups excluding carboxylic acids is 1. The maximum absolute atomic E-state index is 12.7. The number of hydrogen-bond donors (Lipinski definition) is 1. The number of carbonyl (C=O) groups is 1. The summed E-state index contributed by atoms with van der Waals surface area (Å²) in [5.74, 6) is -0.490. The lowest BCUT2D eigenvalue weighted by Gasteiger charge is -2.17. The van der Waals surface area contributed by atoms with Crippen LogP contribution in [0.4, 0.5) is 0 Å². The van der Waals surface area contributed by atoms with E-state index in [0.29, 0.717) is 0 Å². The lowest BCUT2D eigenvalue weighted by Crippen LogP contribution is -2.42. The topological polar surface area (TPSA) is 63.2 Å². The maximum atomic E-state index is 12.7. The van der Waals surface area contributed by atoms with Crippen molar-refractivity contribution >= 4 is 26.5 Å². The molecule has 0 bridgehead atoms. The average molecular weight is 345 g/mol. The Hall–Kier alpha value is -1.88. The Morgan fingerprint density at radius 3 is 2.54 bits per heavy atom. The molecule has 1 amide bonds. The van der Waals surface area contributed by atoms with E-state index in [1.165, 1.54) is 6.92 Å². The van der Waals surface area contributed by atoms with Gasteiger partial charge in [0.25, 0.3) is 0 Å². The largest absolute Gasteiger partial charge is 0.352 e. The summed E-state index contributed by atoms with van der Waals surface area (Å²) in [6, 6.07) is 13.5. The fraction of sp³-hybridized carbons (Fsp3) is 0.421. The molecule has 1 saturated carbocycles. The standard InChI is InChI=1S/C19H23NO3S/c1-14(19(21)20-17-10-3-4-11-17)24(22,23)13-16-9-6-8-15-7-2-5-12-18(15)16/h2,5-9,12,14,17H,3-4,10-11,13H2,1H3,(H,20,21)/t14-/m0/s1. The Balaban J connectivity index is 1.78. The van der Waals surface area contributed by atoms with Gasteiger partial charge in [0.05, 0.1) is 5.75 Å². The van der Waals surface area contributed by atoms with E-state index < -0.39 is 15.1 Å². The predicted octanol–water partition coefficient (Wildman–Crippen LogP) is 3.20. The second-order valence-electron chi connectivity index (χ2n) is 6.58. The lowest BCUT2D eigenvalue weighted by molar-refractivity contribution is -0.121. The first-order valence-electron chi connectivity index (χ1n) is 8.46. The molecule has 0 unspecified atom stereocenters. The van der Waals surface area contributed by atoms with Crippen LogP contribution >= 0.6 is 0 Å². The summed E-state index contributed by atoms with van der Waals surface area (Å²) in [6.07, 6.45) is 4.09. The second-order valence-corrected chi connectivity index (χ2v) is 8.90. The molecule has 1 aliphatic rings. The summed E-state index contributed by atoms with van der Waals surface area (Å²) in [4.78, 5) is 12.3. The highest BCUT2D eigenvalue weighted by atomic mass is 32.2. The van der Waals surface area contributed by atoms with Crippen molar-refractivity contribution in [3.63, 3.8) is 0 Å². The van der Waals surface area contributed by atoms with Crippen LogP contribution in [0.3, 0.4) is 0 Å². The first-order valence-corrected chi connectivity index (χ1v) is 10.2. The minimum Gasteiger partial charge on any atom is -0.352 e. The molecule has 1 N–H and O–H groups in total. The van der Waals surface area contributed by atoms with Crippen LogP contribution in [-0.4, -0.2) is 25.6 Å². The van der Waals surface area contributed by atoms with Gasteiger partial charge in [-0.05, 0) is 36.1 Å². The van der Waals surface area contributed by atoms with Gasteiger partial charge in [0.2, 0.25) is 5.91 Å². The SMILES string of the molecule is C[C@@H](C(=O)NC1CCCC1)S(=O)(=O)Cc1cccc2ccccc12. The van der Waals surface area contributed by atoms with Crippen LogP contribution < -0.4 is 5.32 Å². The van der Waals surface area contributed by atoms with Gasteiger partial charge in [-0.15, -0.1) is 0 Å². The van der Waals surface area contributed by atoms with E-state index in [2.05, 4.69) is 5.32 Å². The van der Waals surface area contributed by atoms with E-state index in [4.69, 9.17) is 0 Å². The molecule has 1 atom stereocenters. The Kier molecular flexibility index (Phi) is 4.90. The van der Waals surface area contributed by atoms with E-state index in [1.54, 1.807) is 0 Å². The smallest absolute Gasteiger partial charge is 0.238 e. The molecule has 0 spiro atoms. The maximum Gasteiger partial charge on any atom is 0.238 e. The van der Waals surface area contributed by atoms with Gasteiger partial charge in [0, 0.05) is 6.04 Å². The fourth-order valence-electron chi connectivity index (χ4n) is 3.31. The van der Waals surface area contributed by atoms with Crippen LogP contribution in [0.5, 0.6) is 0 Å². The Labute approximate surface area is 143 Å². The number of benzene rings is 2. The van der Waals surface area contributed by atoms with E-state index in [-0.39, 0.29) is 17.7 Å². The summed E-state index contributed by atoms with van der Waals surface area (Å²) in [5.41, 5.74) is 0.744. The molecule has 0 aromatic heterocycles. The third-order valence-corrected chi connectivity index (χ3v) is 6.85. The highest BCUT2D eigenvalue weighted by molar-refractivity contribution is 7.92. The molecule has 5 heteroatoms. The second kappa shape index (κ2) is 6.93. The monoisotopic (exact) mass is 345 g/mol. The summed E-state index contributed by atoms with van der Waals surface area (Å²) in [6.45, 7) is 1.49. The molecule has 1 aliphatic carbocycles. The van der Waals surface area contributed by atoms with Crippen molar-refractivity contribution in [1.82, 2.24) is 5.32 Å². The molecule has 128 valence electrons. The lowest BCUT2D eigenvalue weighted by atomic mass is 10.1. The number of sulfone groups is 1. The Bertz CT molecular complexity index is 833. The molecule has 4 nitrogen and oxygen atoms in total. The van der Waals surface area contributed by atoms with Gasteiger partial charge < -0.3 is 5.32 Å². The Morgan fingerprint density at radius 1 is 1.12 bits per heavy atom. The van der Waals surface area contributed by atoms with Crippen molar-refractivity contribution in [2.75, 3.05) is 0 Å². The number of hydrogen-bond acceptors (Lipinski definition) is 3. The molecule has 0 saturated heterocycles. The normalized spacial score (nSPS) is 17.0. The van der Waals surface area contributed by atoms with Gasteiger partial charge in [-0.3, -0.25) is 4.79 Å². The van der Waals surface area contributed by atoms with Gasteiger partial charge in [0.1, 0.15) is 5.25 Å². The first-order chi connectivity index (χ1) is 11.5. The van der Waals surface area contributed by atoms with Gasteiger partial charge in [-0.1, -0.05) is 55.3 Å². The summed E-state index contributed by atoms with van der Waals surface area (Å²) in [7, 11) is -3.56.